The minimum atomic E-state index is -3.79. The molecule has 0 aliphatic carbocycles. The molecule has 1 aliphatic rings. The first kappa shape index (κ1) is 16.6. The van der Waals surface area contributed by atoms with Gasteiger partial charge in [0.15, 0.2) is 0 Å². The van der Waals surface area contributed by atoms with Crippen LogP contribution >= 0.6 is 15.9 Å². The van der Waals surface area contributed by atoms with Crippen molar-refractivity contribution in [3.8, 4) is 0 Å². The fourth-order valence-corrected chi connectivity index (χ4v) is 4.37. The van der Waals surface area contributed by atoms with E-state index in [2.05, 4.69) is 15.9 Å². The summed E-state index contributed by atoms with van der Waals surface area (Å²) in [5.41, 5.74) is 6.01. The van der Waals surface area contributed by atoms with Crippen LogP contribution in [0.1, 0.15) is 0 Å². The Morgan fingerprint density at radius 1 is 1.00 bits per heavy atom. The van der Waals surface area contributed by atoms with Crippen LogP contribution in [0.15, 0.2) is 27.6 Å². The zero-order valence-corrected chi connectivity index (χ0v) is 14.2. The number of halogens is 1. The van der Waals surface area contributed by atoms with Crippen LogP contribution in [0.4, 0.5) is 5.69 Å². The van der Waals surface area contributed by atoms with Crippen LogP contribution in [0.5, 0.6) is 0 Å². The van der Waals surface area contributed by atoms with Gasteiger partial charge in [-0.3, -0.25) is 0 Å². The molecule has 1 aliphatic heterocycles. The predicted molar refractivity (Wildman–Crippen MR) is 82.0 cm³/mol. The summed E-state index contributed by atoms with van der Waals surface area (Å²) in [6.45, 7) is 0.164. The Morgan fingerprint density at radius 3 is 2.00 bits per heavy atom. The Balaban J connectivity index is 2.20. The zero-order chi connectivity index (χ0) is 15.8. The Bertz CT molecular complexity index is 742. The van der Waals surface area contributed by atoms with E-state index >= 15 is 0 Å². The molecule has 0 saturated carbocycles. The Kier molecular flexibility index (Phi) is 4.61. The van der Waals surface area contributed by atoms with E-state index in [1.807, 2.05) is 0 Å². The molecule has 1 saturated heterocycles. The summed E-state index contributed by atoms with van der Waals surface area (Å²) in [5, 5.41) is 5.02. The van der Waals surface area contributed by atoms with E-state index in [0.29, 0.717) is 10.2 Å². The molecule has 1 aromatic carbocycles. The van der Waals surface area contributed by atoms with Crippen molar-refractivity contribution < 1.29 is 16.8 Å². The number of nitrogen functional groups attached to an aromatic ring is 1. The van der Waals surface area contributed by atoms with Crippen molar-refractivity contribution in [1.82, 2.24) is 8.61 Å². The first-order valence-electron chi connectivity index (χ1n) is 5.95. The quantitative estimate of drug-likeness (QED) is 0.665. The molecule has 11 heteroatoms. The maximum absolute atomic E-state index is 12.5. The van der Waals surface area contributed by atoms with Crippen molar-refractivity contribution in [3.63, 3.8) is 0 Å². The van der Waals surface area contributed by atoms with Crippen molar-refractivity contribution in [1.29, 1.82) is 0 Å². The number of hydrogen-bond acceptors (Lipinski definition) is 5. The molecular weight excluding hydrogens is 384 g/mol. The van der Waals surface area contributed by atoms with Crippen LogP contribution in [-0.4, -0.2) is 51.6 Å². The lowest BCUT2D eigenvalue weighted by Crippen LogP contribution is -2.52. The van der Waals surface area contributed by atoms with E-state index in [4.69, 9.17) is 10.9 Å². The van der Waals surface area contributed by atoms with Crippen molar-refractivity contribution in [2.75, 3.05) is 31.9 Å². The molecule has 118 valence electrons. The van der Waals surface area contributed by atoms with Crippen LogP contribution < -0.4 is 10.9 Å². The molecular formula is C10H15BrN4O4S2. The minimum absolute atomic E-state index is 0.0318. The molecule has 0 spiro atoms. The zero-order valence-electron chi connectivity index (χ0n) is 10.9. The Labute approximate surface area is 132 Å². The Hall–Kier alpha value is -0.720. The van der Waals surface area contributed by atoms with Crippen LogP contribution in [0, 0.1) is 0 Å². The minimum Gasteiger partial charge on any atom is -0.398 e. The highest BCUT2D eigenvalue weighted by molar-refractivity contribution is 9.10. The number of nitrogens with zero attached hydrogens (tertiary/aromatic N) is 2. The highest BCUT2D eigenvalue weighted by atomic mass is 79.9. The van der Waals surface area contributed by atoms with Gasteiger partial charge in [0.25, 0.3) is 10.2 Å². The molecule has 0 atom stereocenters. The summed E-state index contributed by atoms with van der Waals surface area (Å²) in [6.07, 6.45) is 0. The van der Waals surface area contributed by atoms with Crippen LogP contribution in [0.3, 0.4) is 0 Å². The third-order valence-electron chi connectivity index (χ3n) is 3.16. The number of benzene rings is 1. The van der Waals surface area contributed by atoms with Gasteiger partial charge in [-0.1, -0.05) is 0 Å². The summed E-state index contributed by atoms with van der Waals surface area (Å²) in [7, 11) is -7.49. The van der Waals surface area contributed by atoms with Gasteiger partial charge in [-0.2, -0.15) is 17.0 Å². The third-order valence-corrected chi connectivity index (χ3v) is 6.86. The standard InChI is InChI=1S/C10H15BrN4O4S2/c11-9-2-1-8(7-10(9)12)20(16,17)14-3-5-15(6-4-14)21(13,18)19/h1-2,7H,3-6,12H2,(H2,13,18,19). The number of sulfonamides is 1. The second-order valence-electron chi connectivity index (χ2n) is 4.53. The van der Waals surface area contributed by atoms with Gasteiger partial charge in [-0.05, 0) is 34.1 Å². The van der Waals surface area contributed by atoms with Crippen molar-refractivity contribution in [2.45, 2.75) is 4.90 Å². The first-order valence-corrected chi connectivity index (χ1v) is 9.69. The van der Waals surface area contributed by atoms with E-state index < -0.39 is 20.2 Å². The largest absolute Gasteiger partial charge is 0.398 e. The smallest absolute Gasteiger partial charge is 0.276 e. The summed E-state index contributed by atoms with van der Waals surface area (Å²) >= 11 is 3.20. The lowest BCUT2D eigenvalue weighted by Gasteiger charge is -2.32. The number of hydrogen-bond donors (Lipinski definition) is 2. The number of rotatable bonds is 3. The second kappa shape index (κ2) is 5.82. The molecule has 21 heavy (non-hydrogen) atoms. The molecule has 0 bridgehead atoms. The third kappa shape index (κ3) is 3.55. The van der Waals surface area contributed by atoms with Crippen molar-refractivity contribution >= 4 is 41.8 Å². The van der Waals surface area contributed by atoms with Crippen LogP contribution in [-0.2, 0) is 20.2 Å². The number of anilines is 1. The molecule has 2 rings (SSSR count). The summed E-state index contributed by atoms with van der Waals surface area (Å²) in [5.74, 6) is 0. The van der Waals surface area contributed by atoms with Gasteiger partial charge < -0.3 is 5.73 Å². The molecule has 1 heterocycles. The molecule has 1 fully saturated rings. The lowest BCUT2D eigenvalue weighted by atomic mass is 10.3. The fourth-order valence-electron chi connectivity index (χ4n) is 2.00. The first-order chi connectivity index (χ1) is 9.62. The number of nitrogens with two attached hydrogens (primary N) is 2. The lowest BCUT2D eigenvalue weighted by molar-refractivity contribution is 0.273. The molecule has 0 aromatic heterocycles. The van der Waals surface area contributed by atoms with E-state index in [1.54, 1.807) is 6.07 Å². The molecule has 4 N–H and O–H groups in total. The van der Waals surface area contributed by atoms with Crippen molar-refractivity contribution in [3.05, 3.63) is 22.7 Å². The normalized spacial score (nSPS) is 18.8. The van der Waals surface area contributed by atoms with E-state index in [1.165, 1.54) is 16.4 Å². The molecule has 0 unspecified atom stereocenters. The summed E-state index contributed by atoms with van der Waals surface area (Å²) < 4.78 is 50.2. The average molecular weight is 399 g/mol. The molecule has 0 radical (unpaired) electrons. The van der Waals surface area contributed by atoms with Crippen molar-refractivity contribution in [2.24, 2.45) is 5.14 Å². The maximum atomic E-state index is 12.5. The monoisotopic (exact) mass is 398 g/mol. The van der Waals surface area contributed by atoms with Gasteiger partial charge in [0.05, 0.1) is 4.90 Å². The van der Waals surface area contributed by atoms with Gasteiger partial charge >= 0.3 is 0 Å². The molecule has 0 amide bonds. The van der Waals surface area contributed by atoms with E-state index in [0.717, 1.165) is 4.31 Å². The topological polar surface area (TPSA) is 127 Å². The van der Waals surface area contributed by atoms with Gasteiger partial charge in [-0.25, -0.2) is 13.6 Å². The maximum Gasteiger partial charge on any atom is 0.276 e. The average Bonchev–Trinajstić information content (AvgIpc) is 2.41. The van der Waals surface area contributed by atoms with E-state index in [9.17, 15) is 16.8 Å². The molecule has 1 aromatic rings. The van der Waals surface area contributed by atoms with Gasteiger partial charge in [-0.15, -0.1) is 0 Å². The van der Waals surface area contributed by atoms with E-state index in [-0.39, 0.29) is 31.1 Å². The highest BCUT2D eigenvalue weighted by Gasteiger charge is 2.31. The molecule has 8 nitrogen and oxygen atoms in total. The SMILES string of the molecule is Nc1cc(S(=O)(=O)N2CCN(S(N)(=O)=O)CC2)ccc1Br. The second-order valence-corrected chi connectivity index (χ2v) is 8.87. The number of piperazine rings is 1. The van der Waals surface area contributed by atoms with Crippen LogP contribution in [0.25, 0.3) is 0 Å². The summed E-state index contributed by atoms with van der Waals surface area (Å²) in [6, 6.07) is 4.37. The van der Waals surface area contributed by atoms with Crippen LogP contribution in [0.2, 0.25) is 0 Å². The van der Waals surface area contributed by atoms with Gasteiger partial charge in [0.1, 0.15) is 0 Å². The fraction of sp³-hybridized carbons (Fsp3) is 0.400. The highest BCUT2D eigenvalue weighted by Crippen LogP contribution is 2.25. The summed E-state index contributed by atoms with van der Waals surface area (Å²) in [4.78, 5) is 0.0762. The van der Waals surface area contributed by atoms with Gasteiger partial charge in [0.2, 0.25) is 10.0 Å². The van der Waals surface area contributed by atoms with Gasteiger partial charge in [0, 0.05) is 36.3 Å². The Morgan fingerprint density at radius 2 is 1.52 bits per heavy atom. The predicted octanol–water partition coefficient (Wildman–Crippen LogP) is -0.459.